The van der Waals surface area contributed by atoms with Gasteiger partial charge in [0, 0.05) is 37.9 Å². The van der Waals surface area contributed by atoms with Crippen molar-refractivity contribution in [2.75, 3.05) is 31.5 Å². The fraction of sp³-hybridized carbons (Fsp3) is 0.208. The summed E-state index contributed by atoms with van der Waals surface area (Å²) in [5, 5.41) is 2.82. The Morgan fingerprint density at radius 1 is 0.871 bits per heavy atom. The molecule has 0 bridgehead atoms. The predicted molar refractivity (Wildman–Crippen MR) is 118 cm³/mol. The molecule has 0 saturated carbocycles. The third-order valence-corrected chi connectivity index (χ3v) is 5.12. The van der Waals surface area contributed by atoms with E-state index in [1.807, 2.05) is 42.5 Å². The molecule has 7 heteroatoms. The third-order valence-electron chi connectivity index (χ3n) is 5.12. The van der Waals surface area contributed by atoms with Gasteiger partial charge in [-0.05, 0) is 42.0 Å². The van der Waals surface area contributed by atoms with Crippen molar-refractivity contribution in [3.8, 4) is 5.75 Å². The maximum atomic E-state index is 12.8. The molecule has 3 aromatic rings. The SMILES string of the molecule is O=C(Nc1cccnc1)N1CCN(C(=O)c2ccc(OCc3ccccc3)cc2)CC1. The molecule has 1 fully saturated rings. The molecule has 1 aromatic heterocycles. The molecule has 7 nitrogen and oxygen atoms in total. The minimum absolute atomic E-state index is 0.0399. The first-order valence-corrected chi connectivity index (χ1v) is 10.2. The number of amides is 3. The molecular weight excluding hydrogens is 392 g/mol. The molecule has 31 heavy (non-hydrogen) atoms. The standard InChI is InChI=1S/C24H24N4O3/c29-23(20-8-10-22(11-9-20)31-18-19-5-2-1-3-6-19)27-13-15-28(16-14-27)24(30)26-21-7-4-12-25-17-21/h1-12,17H,13-16,18H2,(H,26,30). The highest BCUT2D eigenvalue weighted by atomic mass is 16.5. The van der Waals surface area contributed by atoms with E-state index in [0.717, 1.165) is 11.3 Å². The number of rotatable bonds is 5. The van der Waals surface area contributed by atoms with Crippen molar-refractivity contribution >= 4 is 17.6 Å². The molecule has 0 aliphatic carbocycles. The molecule has 0 spiro atoms. The summed E-state index contributed by atoms with van der Waals surface area (Å²) in [5.74, 6) is 0.680. The fourth-order valence-electron chi connectivity index (χ4n) is 3.37. The number of hydrogen-bond donors (Lipinski definition) is 1. The molecule has 2 aromatic carbocycles. The van der Waals surface area contributed by atoms with Crippen molar-refractivity contribution < 1.29 is 14.3 Å². The molecule has 0 radical (unpaired) electrons. The van der Waals surface area contributed by atoms with Gasteiger partial charge >= 0.3 is 6.03 Å². The number of piperazine rings is 1. The van der Waals surface area contributed by atoms with Crippen molar-refractivity contribution in [2.24, 2.45) is 0 Å². The Balaban J connectivity index is 1.27. The van der Waals surface area contributed by atoms with Gasteiger partial charge in [0.15, 0.2) is 0 Å². The van der Waals surface area contributed by atoms with Gasteiger partial charge in [-0.3, -0.25) is 9.78 Å². The number of hydrogen-bond acceptors (Lipinski definition) is 4. The Morgan fingerprint density at radius 2 is 1.58 bits per heavy atom. The number of urea groups is 1. The lowest BCUT2D eigenvalue weighted by Crippen LogP contribution is -2.51. The van der Waals surface area contributed by atoms with Gasteiger partial charge in [0.1, 0.15) is 12.4 Å². The number of pyridine rings is 1. The Morgan fingerprint density at radius 3 is 2.26 bits per heavy atom. The van der Waals surface area contributed by atoms with Crippen molar-refractivity contribution in [3.05, 3.63) is 90.3 Å². The van der Waals surface area contributed by atoms with E-state index >= 15 is 0 Å². The van der Waals surface area contributed by atoms with Gasteiger partial charge in [-0.15, -0.1) is 0 Å². The lowest BCUT2D eigenvalue weighted by Gasteiger charge is -2.34. The number of aromatic nitrogens is 1. The number of ether oxygens (including phenoxy) is 1. The van der Waals surface area contributed by atoms with Crippen LogP contribution in [0.2, 0.25) is 0 Å². The third kappa shape index (κ3) is 5.39. The lowest BCUT2D eigenvalue weighted by molar-refractivity contribution is 0.0671. The summed E-state index contributed by atoms with van der Waals surface area (Å²) in [6.07, 6.45) is 3.26. The molecule has 0 atom stereocenters. The van der Waals surface area contributed by atoms with Gasteiger partial charge in [0.25, 0.3) is 5.91 Å². The number of benzene rings is 2. The maximum Gasteiger partial charge on any atom is 0.322 e. The number of nitrogens with zero attached hydrogens (tertiary/aromatic N) is 3. The summed E-state index contributed by atoms with van der Waals surface area (Å²) >= 11 is 0. The molecule has 4 rings (SSSR count). The van der Waals surface area contributed by atoms with E-state index in [2.05, 4.69) is 10.3 Å². The van der Waals surface area contributed by atoms with Crippen LogP contribution in [0.5, 0.6) is 5.75 Å². The second-order valence-electron chi connectivity index (χ2n) is 7.25. The van der Waals surface area contributed by atoms with Crippen LogP contribution in [0.1, 0.15) is 15.9 Å². The lowest BCUT2D eigenvalue weighted by atomic mass is 10.1. The fourth-order valence-corrected chi connectivity index (χ4v) is 3.37. The van der Waals surface area contributed by atoms with Crippen molar-refractivity contribution in [3.63, 3.8) is 0 Å². The number of nitrogens with one attached hydrogen (secondary N) is 1. The van der Waals surface area contributed by atoms with Gasteiger partial charge < -0.3 is 19.9 Å². The number of carbonyl (C=O) groups excluding carboxylic acids is 2. The zero-order valence-corrected chi connectivity index (χ0v) is 17.1. The highest BCUT2D eigenvalue weighted by molar-refractivity contribution is 5.94. The second-order valence-corrected chi connectivity index (χ2v) is 7.25. The van der Waals surface area contributed by atoms with Crippen LogP contribution in [0.15, 0.2) is 79.1 Å². The van der Waals surface area contributed by atoms with E-state index in [4.69, 9.17) is 4.74 Å². The average molecular weight is 416 g/mol. The normalized spacial score (nSPS) is 13.5. The van der Waals surface area contributed by atoms with Gasteiger partial charge in [0.2, 0.25) is 0 Å². The smallest absolute Gasteiger partial charge is 0.322 e. The van der Waals surface area contributed by atoms with Crippen molar-refractivity contribution in [1.82, 2.24) is 14.8 Å². The van der Waals surface area contributed by atoms with Gasteiger partial charge in [-0.1, -0.05) is 30.3 Å². The van der Waals surface area contributed by atoms with E-state index < -0.39 is 0 Å². The van der Waals surface area contributed by atoms with Gasteiger partial charge in [0.05, 0.1) is 11.9 Å². The highest BCUT2D eigenvalue weighted by Crippen LogP contribution is 2.17. The first-order valence-electron chi connectivity index (χ1n) is 10.2. The van der Waals surface area contributed by atoms with Gasteiger partial charge in [-0.25, -0.2) is 4.79 Å². The Hall–Kier alpha value is -3.87. The summed E-state index contributed by atoms with van der Waals surface area (Å²) in [4.78, 5) is 32.7. The Labute approximate surface area is 181 Å². The minimum atomic E-state index is -0.181. The zero-order valence-electron chi connectivity index (χ0n) is 17.1. The minimum Gasteiger partial charge on any atom is -0.489 e. The number of anilines is 1. The van der Waals surface area contributed by atoms with Crippen LogP contribution in [-0.4, -0.2) is 52.9 Å². The van der Waals surface area contributed by atoms with Crippen LogP contribution in [0.25, 0.3) is 0 Å². The molecular formula is C24H24N4O3. The van der Waals surface area contributed by atoms with Crippen LogP contribution in [0.3, 0.4) is 0 Å². The highest BCUT2D eigenvalue weighted by Gasteiger charge is 2.25. The predicted octanol–water partition coefficient (Wildman–Crippen LogP) is 3.65. The summed E-state index contributed by atoms with van der Waals surface area (Å²) in [7, 11) is 0. The quantitative estimate of drug-likeness (QED) is 0.689. The van der Waals surface area contributed by atoms with E-state index in [1.165, 1.54) is 0 Å². The first kappa shape index (κ1) is 20.4. The topological polar surface area (TPSA) is 74.8 Å². The van der Waals surface area contributed by atoms with E-state index in [9.17, 15) is 9.59 Å². The summed E-state index contributed by atoms with van der Waals surface area (Å²) in [6.45, 7) is 2.43. The van der Waals surface area contributed by atoms with Crippen LogP contribution < -0.4 is 10.1 Å². The number of carbonyl (C=O) groups is 2. The molecule has 1 N–H and O–H groups in total. The first-order chi connectivity index (χ1) is 15.2. The molecule has 3 amide bonds. The second kappa shape index (κ2) is 9.75. The van der Waals surface area contributed by atoms with E-state index in [0.29, 0.717) is 44.0 Å². The molecule has 1 saturated heterocycles. The molecule has 1 aliphatic rings. The Bertz CT molecular complexity index is 1000. The van der Waals surface area contributed by atoms with Crippen molar-refractivity contribution in [2.45, 2.75) is 6.61 Å². The van der Waals surface area contributed by atoms with Crippen LogP contribution >= 0.6 is 0 Å². The molecule has 2 heterocycles. The summed E-state index contributed by atoms with van der Waals surface area (Å²) in [6, 6.07) is 20.5. The average Bonchev–Trinajstić information content (AvgIpc) is 2.84. The molecule has 0 unspecified atom stereocenters. The monoisotopic (exact) mass is 416 g/mol. The maximum absolute atomic E-state index is 12.8. The zero-order chi connectivity index (χ0) is 21.5. The Kier molecular flexibility index (Phi) is 6.42. The van der Waals surface area contributed by atoms with Crippen LogP contribution in [0.4, 0.5) is 10.5 Å². The van der Waals surface area contributed by atoms with Crippen molar-refractivity contribution in [1.29, 1.82) is 0 Å². The molecule has 1 aliphatic heterocycles. The molecule has 158 valence electrons. The van der Waals surface area contributed by atoms with Crippen LogP contribution in [-0.2, 0) is 6.61 Å². The summed E-state index contributed by atoms with van der Waals surface area (Å²) < 4.78 is 5.78. The largest absolute Gasteiger partial charge is 0.489 e. The summed E-state index contributed by atoms with van der Waals surface area (Å²) in [5.41, 5.74) is 2.36. The van der Waals surface area contributed by atoms with E-state index in [1.54, 1.807) is 46.5 Å². The van der Waals surface area contributed by atoms with Gasteiger partial charge in [-0.2, -0.15) is 0 Å². The van der Waals surface area contributed by atoms with E-state index in [-0.39, 0.29) is 11.9 Å². The van der Waals surface area contributed by atoms with Crippen LogP contribution in [0, 0.1) is 0 Å².